The normalized spacial score (nSPS) is 14.3. The molecule has 53 heavy (non-hydrogen) atoms. The zero-order valence-corrected chi connectivity index (χ0v) is 29.5. The topological polar surface area (TPSA) is 51.8 Å². The van der Waals surface area contributed by atoms with Crippen LogP contribution in [-0.2, 0) is 5.41 Å². The highest BCUT2D eigenvalue weighted by atomic mass is 16.3. The summed E-state index contributed by atoms with van der Waals surface area (Å²) in [5.41, 5.74) is 14.5. The van der Waals surface area contributed by atoms with Crippen molar-refractivity contribution in [1.29, 1.82) is 0 Å². The first-order valence-corrected chi connectivity index (χ1v) is 18.2. The van der Waals surface area contributed by atoms with E-state index in [0.717, 1.165) is 56.2 Å². The van der Waals surface area contributed by atoms with Crippen LogP contribution >= 0.6 is 0 Å². The van der Waals surface area contributed by atoms with Gasteiger partial charge in [-0.1, -0.05) is 153 Å². The maximum atomic E-state index is 6.51. The van der Waals surface area contributed by atoms with E-state index >= 15 is 0 Å². The Morgan fingerprint density at radius 1 is 0.528 bits per heavy atom. The van der Waals surface area contributed by atoms with Gasteiger partial charge < -0.3 is 4.42 Å². The Hall–Kier alpha value is -6.65. The summed E-state index contributed by atoms with van der Waals surface area (Å²) in [6, 6.07) is 47.2. The van der Waals surface area contributed by atoms with Crippen LogP contribution in [0.3, 0.4) is 0 Å². The summed E-state index contributed by atoms with van der Waals surface area (Å²) >= 11 is 0. The molecule has 0 fully saturated rings. The average molecular weight is 682 g/mol. The standard InChI is InChI=1S/C49H35N3O/c1-49(2)40-24-11-10-21-38(40)44-36(22-13-25-41(44)49)34-27-28-42-39(30-34)45-37(23-14-26-43(45)53-42)33-19-12-20-35(29-33)48-51-46(31-15-6-3-4-7-16-31)50-47(52-48)32-17-8-5-9-18-32/h3,5-30H,4H2,1-2H3. The van der Waals surface area contributed by atoms with Gasteiger partial charge in [-0.3, -0.25) is 0 Å². The molecule has 2 aromatic heterocycles. The summed E-state index contributed by atoms with van der Waals surface area (Å²) in [5, 5.41) is 2.19. The van der Waals surface area contributed by atoms with Gasteiger partial charge >= 0.3 is 0 Å². The number of allylic oxidation sites excluding steroid dienone is 6. The van der Waals surface area contributed by atoms with E-state index < -0.39 is 0 Å². The molecule has 0 radical (unpaired) electrons. The first-order chi connectivity index (χ1) is 26.0. The van der Waals surface area contributed by atoms with E-state index in [9.17, 15) is 0 Å². The summed E-state index contributed by atoms with van der Waals surface area (Å²) in [5.74, 6) is 1.93. The molecule has 8 aromatic rings. The molecule has 0 unspecified atom stereocenters. The number of nitrogens with zero attached hydrogens (tertiary/aromatic N) is 3. The smallest absolute Gasteiger partial charge is 0.164 e. The van der Waals surface area contributed by atoms with Gasteiger partial charge in [0.1, 0.15) is 11.2 Å². The van der Waals surface area contributed by atoms with Crippen molar-refractivity contribution >= 4 is 27.5 Å². The highest BCUT2D eigenvalue weighted by Crippen LogP contribution is 2.52. The molecular weight excluding hydrogens is 647 g/mol. The molecule has 0 N–H and O–H groups in total. The van der Waals surface area contributed by atoms with Gasteiger partial charge in [0.15, 0.2) is 17.5 Å². The van der Waals surface area contributed by atoms with Crippen molar-refractivity contribution < 1.29 is 4.42 Å². The van der Waals surface area contributed by atoms with Gasteiger partial charge in [-0.2, -0.15) is 0 Å². The predicted molar refractivity (Wildman–Crippen MR) is 217 cm³/mol. The number of rotatable bonds is 5. The van der Waals surface area contributed by atoms with Crippen molar-refractivity contribution in [2.75, 3.05) is 0 Å². The van der Waals surface area contributed by atoms with Crippen LogP contribution in [0.25, 0.3) is 83.7 Å². The van der Waals surface area contributed by atoms with E-state index in [1.165, 1.54) is 33.4 Å². The number of hydrogen-bond acceptors (Lipinski definition) is 4. The maximum absolute atomic E-state index is 6.51. The van der Waals surface area contributed by atoms with Gasteiger partial charge in [0.2, 0.25) is 0 Å². The number of fused-ring (bicyclic) bond motifs is 6. The van der Waals surface area contributed by atoms with E-state index in [1.54, 1.807) is 0 Å². The minimum atomic E-state index is -0.0614. The van der Waals surface area contributed by atoms with Crippen LogP contribution in [0.1, 0.15) is 37.2 Å². The molecule has 0 spiro atoms. The van der Waals surface area contributed by atoms with E-state index in [4.69, 9.17) is 19.4 Å². The number of aromatic nitrogens is 3. The molecule has 0 atom stereocenters. The Morgan fingerprint density at radius 3 is 2.11 bits per heavy atom. The lowest BCUT2D eigenvalue weighted by Gasteiger charge is -2.21. The zero-order chi connectivity index (χ0) is 35.5. The van der Waals surface area contributed by atoms with Crippen molar-refractivity contribution in [2.24, 2.45) is 0 Å². The minimum Gasteiger partial charge on any atom is -0.456 e. The van der Waals surface area contributed by atoms with E-state index in [0.29, 0.717) is 17.5 Å². The van der Waals surface area contributed by atoms with Crippen molar-refractivity contribution in [3.8, 4) is 56.2 Å². The van der Waals surface area contributed by atoms with Crippen molar-refractivity contribution in [2.45, 2.75) is 25.7 Å². The fourth-order valence-electron chi connectivity index (χ4n) is 8.13. The van der Waals surface area contributed by atoms with Gasteiger partial charge in [0.05, 0.1) is 0 Å². The molecule has 10 rings (SSSR count). The predicted octanol–water partition coefficient (Wildman–Crippen LogP) is 12.6. The molecule has 0 saturated carbocycles. The van der Waals surface area contributed by atoms with Crippen LogP contribution in [0.4, 0.5) is 0 Å². The third kappa shape index (κ3) is 5.17. The van der Waals surface area contributed by atoms with Crippen LogP contribution in [-0.4, -0.2) is 15.0 Å². The fraction of sp³-hybridized carbons (Fsp3) is 0.0816. The highest BCUT2D eigenvalue weighted by molar-refractivity contribution is 6.13. The molecule has 0 aliphatic heterocycles. The van der Waals surface area contributed by atoms with Crippen LogP contribution in [0.5, 0.6) is 0 Å². The molecule has 6 aromatic carbocycles. The Balaban J connectivity index is 1.12. The largest absolute Gasteiger partial charge is 0.456 e. The average Bonchev–Trinajstić information content (AvgIpc) is 3.53. The van der Waals surface area contributed by atoms with E-state index in [-0.39, 0.29) is 5.41 Å². The lowest BCUT2D eigenvalue weighted by atomic mass is 9.82. The molecule has 2 heterocycles. The second-order valence-corrected chi connectivity index (χ2v) is 14.3. The molecule has 0 amide bonds. The van der Waals surface area contributed by atoms with Crippen molar-refractivity contribution in [3.63, 3.8) is 0 Å². The summed E-state index contributed by atoms with van der Waals surface area (Å²) in [6.07, 6.45) is 11.4. The second-order valence-electron chi connectivity index (χ2n) is 14.3. The van der Waals surface area contributed by atoms with Crippen LogP contribution in [0, 0.1) is 0 Å². The summed E-state index contributed by atoms with van der Waals surface area (Å²) < 4.78 is 6.51. The SMILES string of the molecule is CC1(C)c2ccccc2-c2c(-c3ccc4oc5cccc(-c6cccc(-c7nc(C8=CC=CCC=C8)nc(-c8ccccc8)n7)c6)c5c4c3)cccc21. The second kappa shape index (κ2) is 12.2. The Morgan fingerprint density at radius 2 is 1.21 bits per heavy atom. The molecule has 0 saturated heterocycles. The van der Waals surface area contributed by atoms with Gasteiger partial charge in [0.25, 0.3) is 0 Å². The van der Waals surface area contributed by atoms with Crippen LogP contribution in [0.15, 0.2) is 168 Å². The molecule has 0 bridgehead atoms. The lowest BCUT2D eigenvalue weighted by molar-refractivity contribution is 0.660. The first-order valence-electron chi connectivity index (χ1n) is 18.2. The van der Waals surface area contributed by atoms with Crippen molar-refractivity contribution in [3.05, 3.63) is 181 Å². The van der Waals surface area contributed by atoms with Crippen molar-refractivity contribution in [1.82, 2.24) is 15.0 Å². The van der Waals surface area contributed by atoms with E-state index in [1.807, 2.05) is 30.3 Å². The summed E-state index contributed by atoms with van der Waals surface area (Å²) in [6.45, 7) is 4.66. The van der Waals surface area contributed by atoms with Gasteiger partial charge in [-0.15, -0.1) is 0 Å². The van der Waals surface area contributed by atoms with Crippen LogP contribution in [0.2, 0.25) is 0 Å². The van der Waals surface area contributed by atoms with Gasteiger partial charge in [-0.25, -0.2) is 15.0 Å². The zero-order valence-electron chi connectivity index (χ0n) is 29.5. The van der Waals surface area contributed by atoms with E-state index in [2.05, 4.69) is 147 Å². The number of hydrogen-bond donors (Lipinski definition) is 0. The Labute approximate surface area is 308 Å². The number of furan rings is 1. The number of benzene rings is 6. The third-order valence-electron chi connectivity index (χ3n) is 10.8. The minimum absolute atomic E-state index is 0.0614. The maximum Gasteiger partial charge on any atom is 0.164 e. The Kier molecular flexibility index (Phi) is 7.19. The molecule has 2 aliphatic carbocycles. The van der Waals surface area contributed by atoms with Gasteiger partial charge in [0, 0.05) is 32.9 Å². The first kappa shape index (κ1) is 31.1. The molecule has 4 heteroatoms. The fourth-order valence-corrected chi connectivity index (χ4v) is 8.13. The quantitative estimate of drug-likeness (QED) is 0.181. The summed E-state index contributed by atoms with van der Waals surface area (Å²) in [4.78, 5) is 15.0. The third-order valence-corrected chi connectivity index (χ3v) is 10.8. The monoisotopic (exact) mass is 681 g/mol. The molecular formula is C49H35N3O. The van der Waals surface area contributed by atoms with Crippen LogP contribution < -0.4 is 0 Å². The molecule has 252 valence electrons. The summed E-state index contributed by atoms with van der Waals surface area (Å²) in [7, 11) is 0. The highest BCUT2D eigenvalue weighted by Gasteiger charge is 2.36. The molecule has 4 nitrogen and oxygen atoms in total. The lowest BCUT2D eigenvalue weighted by Crippen LogP contribution is -2.14. The van der Waals surface area contributed by atoms with Gasteiger partial charge in [-0.05, 0) is 75.2 Å². The Bertz CT molecular complexity index is 2840. The molecule has 2 aliphatic rings.